The number of phenolic OH excluding ortho intramolecular Hbond substituents is 1. The van der Waals surface area contributed by atoms with Crippen molar-refractivity contribution in [1.82, 2.24) is 10.2 Å². The summed E-state index contributed by atoms with van der Waals surface area (Å²) < 4.78 is 40.1. The highest BCUT2D eigenvalue weighted by molar-refractivity contribution is 14.0. The third kappa shape index (κ3) is 6.17. The SMILES string of the molecule is CCNC(=NCC(=O)Nc1ccc(F)c(F)c1F)N1CCN(c2ccccc2O)CC1.I. The second kappa shape index (κ2) is 11.8. The van der Waals surface area contributed by atoms with E-state index in [2.05, 4.69) is 20.5 Å². The van der Waals surface area contributed by atoms with Crippen LogP contribution in [0.2, 0.25) is 0 Å². The van der Waals surface area contributed by atoms with Crippen LogP contribution < -0.4 is 15.5 Å². The summed E-state index contributed by atoms with van der Waals surface area (Å²) in [6, 6.07) is 8.82. The molecule has 1 aliphatic rings. The number of carbonyl (C=O) groups excluding carboxylic acids is 1. The molecule has 1 fully saturated rings. The van der Waals surface area contributed by atoms with Crippen molar-refractivity contribution in [3.05, 3.63) is 53.8 Å². The molecule has 1 saturated heterocycles. The lowest BCUT2D eigenvalue weighted by Crippen LogP contribution is -2.52. The molecular weight excluding hydrogens is 538 g/mol. The van der Waals surface area contributed by atoms with Gasteiger partial charge in [0.1, 0.15) is 12.3 Å². The number of anilines is 2. The first kappa shape index (κ1) is 25.6. The van der Waals surface area contributed by atoms with Crippen LogP contribution in [-0.2, 0) is 4.79 Å². The molecule has 1 amide bonds. The summed E-state index contributed by atoms with van der Waals surface area (Å²) in [5.41, 5.74) is 0.317. The molecule has 0 aliphatic carbocycles. The zero-order chi connectivity index (χ0) is 22.4. The topological polar surface area (TPSA) is 80.2 Å². The van der Waals surface area contributed by atoms with Crippen LogP contribution in [0.5, 0.6) is 5.75 Å². The summed E-state index contributed by atoms with van der Waals surface area (Å²) >= 11 is 0. The zero-order valence-corrected chi connectivity index (χ0v) is 19.8. The fraction of sp³-hybridized carbons (Fsp3) is 0.333. The average Bonchev–Trinajstić information content (AvgIpc) is 2.77. The molecule has 1 aliphatic heterocycles. The Bertz CT molecular complexity index is 968. The van der Waals surface area contributed by atoms with Crippen LogP contribution in [-0.4, -0.2) is 61.1 Å². The average molecular weight is 563 g/mol. The number of aliphatic imine (C=N–C) groups is 1. The first-order valence-corrected chi connectivity index (χ1v) is 9.90. The van der Waals surface area contributed by atoms with Crippen LogP contribution in [0.15, 0.2) is 41.4 Å². The molecular formula is C21H25F3IN5O2. The summed E-state index contributed by atoms with van der Waals surface area (Å²) in [5.74, 6) is -4.35. The smallest absolute Gasteiger partial charge is 0.246 e. The van der Waals surface area contributed by atoms with Gasteiger partial charge in [-0.15, -0.1) is 24.0 Å². The number of amides is 1. The Hall–Kier alpha value is -2.70. The minimum absolute atomic E-state index is 0. The maximum atomic E-state index is 13.7. The van der Waals surface area contributed by atoms with Gasteiger partial charge < -0.3 is 25.5 Å². The molecule has 0 spiro atoms. The normalized spacial score (nSPS) is 14.1. The number of para-hydroxylation sites is 2. The van der Waals surface area contributed by atoms with Crippen molar-refractivity contribution in [2.45, 2.75) is 6.92 Å². The number of piperazine rings is 1. The van der Waals surface area contributed by atoms with Crippen molar-refractivity contribution in [2.24, 2.45) is 4.99 Å². The highest BCUT2D eigenvalue weighted by atomic mass is 127. The lowest BCUT2D eigenvalue weighted by molar-refractivity contribution is -0.114. The van der Waals surface area contributed by atoms with Crippen molar-refractivity contribution in [3.63, 3.8) is 0 Å². The third-order valence-corrected chi connectivity index (χ3v) is 4.82. The van der Waals surface area contributed by atoms with Crippen molar-refractivity contribution in [2.75, 3.05) is 49.5 Å². The zero-order valence-electron chi connectivity index (χ0n) is 17.4. The number of aromatic hydroxyl groups is 1. The Morgan fingerprint density at radius 2 is 1.75 bits per heavy atom. The molecule has 174 valence electrons. The van der Waals surface area contributed by atoms with E-state index in [9.17, 15) is 23.1 Å². The Kier molecular flexibility index (Phi) is 9.42. The quantitative estimate of drug-likeness (QED) is 0.226. The monoisotopic (exact) mass is 563 g/mol. The summed E-state index contributed by atoms with van der Waals surface area (Å²) in [4.78, 5) is 20.5. The van der Waals surface area contributed by atoms with Gasteiger partial charge in [0.2, 0.25) is 5.91 Å². The number of hydrogen-bond acceptors (Lipinski definition) is 4. The van der Waals surface area contributed by atoms with Crippen molar-refractivity contribution in [3.8, 4) is 5.75 Å². The molecule has 0 atom stereocenters. The standard InChI is InChI=1S/C21H24F3N5O2.HI/c1-2-25-21(26-13-18(31)27-15-8-7-14(22)19(23)20(15)24)29-11-9-28(10-12-29)16-5-3-4-6-17(16)30;/h3-8,30H,2,9-13H2,1H3,(H,25,26)(H,27,31);1H. The number of phenols is 1. The third-order valence-electron chi connectivity index (χ3n) is 4.82. The van der Waals surface area contributed by atoms with Gasteiger partial charge in [0.05, 0.1) is 11.4 Å². The Labute approximate surface area is 201 Å². The van der Waals surface area contributed by atoms with Crippen LogP contribution >= 0.6 is 24.0 Å². The van der Waals surface area contributed by atoms with E-state index < -0.39 is 29.0 Å². The Morgan fingerprint density at radius 3 is 2.41 bits per heavy atom. The summed E-state index contributed by atoms with van der Waals surface area (Å²) in [7, 11) is 0. The molecule has 0 saturated carbocycles. The predicted octanol–water partition coefficient (Wildman–Crippen LogP) is 3.15. The Morgan fingerprint density at radius 1 is 1.06 bits per heavy atom. The van der Waals surface area contributed by atoms with Crippen molar-refractivity contribution in [1.29, 1.82) is 0 Å². The van der Waals surface area contributed by atoms with Crippen LogP contribution in [0.25, 0.3) is 0 Å². The second-order valence-electron chi connectivity index (χ2n) is 6.90. The van der Waals surface area contributed by atoms with Gasteiger partial charge in [-0.1, -0.05) is 12.1 Å². The van der Waals surface area contributed by atoms with Gasteiger partial charge >= 0.3 is 0 Å². The van der Waals surface area contributed by atoms with Crippen LogP contribution in [0.4, 0.5) is 24.5 Å². The van der Waals surface area contributed by atoms with Crippen LogP contribution in [0.3, 0.4) is 0 Å². The summed E-state index contributed by atoms with van der Waals surface area (Å²) in [6.45, 7) is 4.67. The Balaban J connectivity index is 0.00000363. The summed E-state index contributed by atoms with van der Waals surface area (Å²) in [6.07, 6.45) is 0. The number of guanidine groups is 1. The second-order valence-corrected chi connectivity index (χ2v) is 6.90. The molecule has 2 aromatic carbocycles. The maximum absolute atomic E-state index is 13.7. The van der Waals surface area contributed by atoms with E-state index in [0.717, 1.165) is 17.8 Å². The lowest BCUT2D eigenvalue weighted by atomic mass is 10.2. The van der Waals surface area contributed by atoms with Gasteiger partial charge in [-0.2, -0.15) is 0 Å². The van der Waals surface area contributed by atoms with Gasteiger partial charge in [-0.05, 0) is 31.2 Å². The van der Waals surface area contributed by atoms with Crippen LogP contribution in [0, 0.1) is 17.5 Å². The van der Waals surface area contributed by atoms with E-state index in [-0.39, 0.29) is 36.3 Å². The van der Waals surface area contributed by atoms with Gasteiger partial charge in [0.15, 0.2) is 23.4 Å². The molecule has 7 nitrogen and oxygen atoms in total. The first-order chi connectivity index (χ1) is 14.9. The summed E-state index contributed by atoms with van der Waals surface area (Å²) in [5, 5.41) is 15.3. The number of hydrogen-bond donors (Lipinski definition) is 3. The molecule has 0 aromatic heterocycles. The van der Waals surface area contributed by atoms with Gasteiger partial charge in [0, 0.05) is 32.7 Å². The highest BCUT2D eigenvalue weighted by Gasteiger charge is 2.22. The lowest BCUT2D eigenvalue weighted by Gasteiger charge is -2.37. The molecule has 11 heteroatoms. The molecule has 3 N–H and O–H groups in total. The van der Waals surface area contributed by atoms with E-state index in [1.165, 1.54) is 0 Å². The minimum Gasteiger partial charge on any atom is -0.506 e. The number of nitrogens with zero attached hydrogens (tertiary/aromatic N) is 3. The van der Waals surface area contributed by atoms with Crippen molar-refractivity contribution < 1.29 is 23.1 Å². The van der Waals surface area contributed by atoms with E-state index in [1.54, 1.807) is 12.1 Å². The number of benzene rings is 2. The fourth-order valence-corrected chi connectivity index (χ4v) is 3.28. The van der Waals surface area contributed by atoms with Gasteiger partial charge in [0.25, 0.3) is 0 Å². The van der Waals surface area contributed by atoms with E-state index >= 15 is 0 Å². The largest absolute Gasteiger partial charge is 0.506 e. The minimum atomic E-state index is -1.64. The molecule has 0 unspecified atom stereocenters. The number of rotatable bonds is 5. The number of halogens is 4. The predicted molar refractivity (Wildman–Crippen MR) is 128 cm³/mol. The molecule has 0 bridgehead atoms. The van der Waals surface area contributed by atoms with Gasteiger partial charge in [-0.3, -0.25) is 4.79 Å². The maximum Gasteiger partial charge on any atom is 0.246 e. The number of nitrogens with one attached hydrogen (secondary N) is 2. The van der Waals surface area contributed by atoms with E-state index in [1.807, 2.05) is 24.0 Å². The molecule has 1 heterocycles. The van der Waals surface area contributed by atoms with Crippen LogP contribution in [0.1, 0.15) is 6.92 Å². The van der Waals surface area contributed by atoms with E-state index in [4.69, 9.17) is 0 Å². The fourth-order valence-electron chi connectivity index (χ4n) is 3.28. The van der Waals surface area contributed by atoms with Gasteiger partial charge in [-0.25, -0.2) is 18.2 Å². The van der Waals surface area contributed by atoms with Crippen molar-refractivity contribution >= 4 is 47.2 Å². The number of carbonyl (C=O) groups is 1. The molecule has 0 radical (unpaired) electrons. The highest BCUT2D eigenvalue weighted by Crippen LogP contribution is 2.27. The first-order valence-electron chi connectivity index (χ1n) is 9.90. The van der Waals surface area contributed by atoms with E-state index in [0.29, 0.717) is 38.7 Å². The molecule has 2 aromatic rings. The molecule has 3 rings (SSSR count). The molecule has 32 heavy (non-hydrogen) atoms.